The zero-order chi connectivity index (χ0) is 23.0. The van der Waals surface area contributed by atoms with Crippen molar-refractivity contribution in [2.45, 2.75) is 38.5 Å². The number of fused-ring (bicyclic) bond motifs is 2. The van der Waals surface area contributed by atoms with E-state index in [-0.39, 0.29) is 5.91 Å². The molecule has 0 spiro atoms. The Morgan fingerprint density at radius 3 is 2.64 bits per heavy atom. The monoisotopic (exact) mass is 457 g/mol. The first kappa shape index (κ1) is 21.8. The van der Waals surface area contributed by atoms with E-state index >= 15 is 0 Å². The van der Waals surface area contributed by atoms with Gasteiger partial charge in [0.2, 0.25) is 5.91 Å². The van der Waals surface area contributed by atoms with Crippen LogP contribution in [0.2, 0.25) is 5.02 Å². The van der Waals surface area contributed by atoms with E-state index in [4.69, 9.17) is 16.6 Å². The van der Waals surface area contributed by atoms with Crippen LogP contribution >= 0.6 is 11.6 Å². The molecule has 1 aliphatic heterocycles. The van der Waals surface area contributed by atoms with Crippen molar-refractivity contribution in [2.24, 2.45) is 5.92 Å². The minimum atomic E-state index is -0.594. The van der Waals surface area contributed by atoms with Crippen LogP contribution in [0.5, 0.6) is 0 Å². The first-order valence-corrected chi connectivity index (χ1v) is 12.0. The Hall–Kier alpha value is -2.98. The van der Waals surface area contributed by atoms with Crippen molar-refractivity contribution in [3.8, 4) is 0 Å². The number of nitrogens with zero attached hydrogens (tertiary/aromatic N) is 3. The molecule has 1 fully saturated rings. The number of likely N-dealkylation sites (tertiary alicyclic amines) is 1. The second kappa shape index (κ2) is 8.75. The van der Waals surface area contributed by atoms with Gasteiger partial charge >= 0.3 is 0 Å². The Bertz CT molecular complexity index is 1310. The summed E-state index contributed by atoms with van der Waals surface area (Å²) in [6.07, 6.45) is 10.4. The first-order valence-electron chi connectivity index (χ1n) is 11.6. The molecule has 33 heavy (non-hydrogen) atoms. The van der Waals surface area contributed by atoms with E-state index in [1.165, 1.54) is 21.6 Å². The van der Waals surface area contributed by atoms with Crippen molar-refractivity contribution in [1.29, 1.82) is 0 Å². The molecule has 4 nitrogen and oxygen atoms in total. The van der Waals surface area contributed by atoms with Crippen molar-refractivity contribution in [1.82, 2.24) is 14.9 Å². The maximum atomic E-state index is 13.5. The largest absolute Gasteiger partial charge is 0.342 e. The van der Waals surface area contributed by atoms with Crippen LogP contribution in [0.1, 0.15) is 43.5 Å². The second-order valence-electron chi connectivity index (χ2n) is 9.50. The fourth-order valence-electron chi connectivity index (χ4n) is 5.18. The van der Waals surface area contributed by atoms with Crippen LogP contribution in [0.3, 0.4) is 0 Å². The van der Waals surface area contributed by atoms with Crippen molar-refractivity contribution >= 4 is 29.2 Å². The summed E-state index contributed by atoms with van der Waals surface area (Å²) in [4.78, 5) is 24.5. The number of amides is 1. The highest BCUT2D eigenvalue weighted by molar-refractivity contribution is 6.30. The highest BCUT2D eigenvalue weighted by Gasteiger charge is 2.36. The highest BCUT2D eigenvalue weighted by Crippen LogP contribution is 2.33. The molecule has 0 atom stereocenters. The summed E-state index contributed by atoms with van der Waals surface area (Å²) in [5.74, 6) is 0.509. The van der Waals surface area contributed by atoms with Crippen LogP contribution in [0.25, 0.3) is 11.6 Å². The Balaban J connectivity index is 1.46. The molecule has 5 heteroatoms. The van der Waals surface area contributed by atoms with E-state index in [1.54, 1.807) is 12.4 Å². The summed E-state index contributed by atoms with van der Waals surface area (Å²) < 4.78 is 0. The van der Waals surface area contributed by atoms with E-state index in [0.717, 1.165) is 48.6 Å². The van der Waals surface area contributed by atoms with Crippen LogP contribution in [0.15, 0.2) is 61.1 Å². The van der Waals surface area contributed by atoms with Gasteiger partial charge in [0.1, 0.15) is 0 Å². The smallest absolute Gasteiger partial charge is 0.232 e. The number of pyridine rings is 2. The Labute approximate surface area is 199 Å². The number of halogens is 1. The van der Waals surface area contributed by atoms with Gasteiger partial charge in [-0.2, -0.15) is 0 Å². The Morgan fingerprint density at radius 2 is 1.88 bits per heavy atom. The lowest BCUT2D eigenvalue weighted by molar-refractivity contribution is -0.137. The van der Waals surface area contributed by atoms with E-state index in [9.17, 15) is 4.79 Å². The SMILES string of the molecule is CC(C)(C(=O)N1CCC(C2=c3ccc(Cl)cc3=CCc3cccnc32)CC1)c1cccnc1. The summed E-state index contributed by atoms with van der Waals surface area (Å²) in [6.45, 7) is 5.47. The molecule has 3 heterocycles. The van der Waals surface area contributed by atoms with Gasteiger partial charge in [0.15, 0.2) is 0 Å². The maximum absolute atomic E-state index is 13.5. The molecule has 0 unspecified atom stereocenters. The van der Waals surface area contributed by atoms with Crippen molar-refractivity contribution in [3.63, 3.8) is 0 Å². The number of aromatic nitrogens is 2. The van der Waals surface area contributed by atoms with Crippen molar-refractivity contribution in [2.75, 3.05) is 13.1 Å². The minimum absolute atomic E-state index is 0.166. The Kier molecular flexibility index (Phi) is 5.79. The minimum Gasteiger partial charge on any atom is -0.342 e. The summed E-state index contributed by atoms with van der Waals surface area (Å²) in [5, 5.41) is 3.14. The van der Waals surface area contributed by atoms with Crippen molar-refractivity contribution < 1.29 is 4.79 Å². The van der Waals surface area contributed by atoms with E-state index in [2.05, 4.69) is 29.3 Å². The molecular formula is C28H28ClN3O. The zero-order valence-corrected chi connectivity index (χ0v) is 19.8. The predicted molar refractivity (Wildman–Crippen MR) is 132 cm³/mol. The zero-order valence-electron chi connectivity index (χ0n) is 19.1. The maximum Gasteiger partial charge on any atom is 0.232 e. The first-order chi connectivity index (χ1) is 15.9. The van der Waals surface area contributed by atoms with Gasteiger partial charge in [-0.15, -0.1) is 0 Å². The molecule has 5 rings (SSSR count). The molecule has 0 bridgehead atoms. The van der Waals surface area contributed by atoms with Crippen LogP contribution < -0.4 is 10.4 Å². The van der Waals surface area contributed by atoms with Gasteiger partial charge in [-0.05, 0) is 90.4 Å². The lowest BCUT2D eigenvalue weighted by atomic mass is 9.81. The Morgan fingerprint density at radius 1 is 1.09 bits per heavy atom. The van der Waals surface area contributed by atoms with E-state index < -0.39 is 5.41 Å². The molecule has 168 valence electrons. The lowest BCUT2D eigenvalue weighted by Gasteiger charge is -2.38. The average Bonchev–Trinajstić information content (AvgIpc) is 3.01. The number of carbonyl (C=O) groups excluding carboxylic acids is 1. The topological polar surface area (TPSA) is 46.1 Å². The summed E-state index contributed by atoms with van der Waals surface area (Å²) >= 11 is 6.33. The van der Waals surface area contributed by atoms with Gasteiger partial charge in [0, 0.05) is 36.7 Å². The standard InChI is InChI=1S/C28H28ClN3O/c1-28(2,22-6-4-13-30-18-22)27(33)32-15-11-19(12-16-32)25-24-10-9-23(29)17-21(24)8-7-20-5-3-14-31-26(20)25/h3-6,8-10,13-14,17-19H,7,11-12,15-16H2,1-2H3. The van der Waals surface area contributed by atoms with Crippen LogP contribution in [0, 0.1) is 5.92 Å². The van der Waals surface area contributed by atoms with Gasteiger partial charge in [-0.1, -0.05) is 35.9 Å². The summed E-state index contributed by atoms with van der Waals surface area (Å²) in [5.41, 5.74) is 3.99. The third kappa shape index (κ3) is 4.08. The molecule has 0 saturated carbocycles. The molecule has 0 radical (unpaired) electrons. The molecule has 2 aliphatic rings. The van der Waals surface area contributed by atoms with Gasteiger partial charge in [-0.25, -0.2) is 0 Å². The number of benzene rings is 1. The molecule has 3 aromatic rings. The van der Waals surface area contributed by atoms with E-state index in [0.29, 0.717) is 5.92 Å². The van der Waals surface area contributed by atoms with Gasteiger partial charge < -0.3 is 4.90 Å². The van der Waals surface area contributed by atoms with Crippen LogP contribution in [0.4, 0.5) is 0 Å². The molecule has 1 aliphatic carbocycles. The highest BCUT2D eigenvalue weighted by atomic mass is 35.5. The molecule has 1 saturated heterocycles. The number of hydrogen-bond donors (Lipinski definition) is 0. The van der Waals surface area contributed by atoms with Gasteiger partial charge in [0.25, 0.3) is 0 Å². The fraction of sp³-hybridized carbons (Fsp3) is 0.321. The third-order valence-electron chi connectivity index (χ3n) is 7.10. The number of rotatable bonds is 3. The van der Waals surface area contributed by atoms with Crippen LogP contribution in [-0.2, 0) is 16.6 Å². The molecular weight excluding hydrogens is 430 g/mol. The quantitative estimate of drug-likeness (QED) is 0.599. The number of hydrogen-bond acceptors (Lipinski definition) is 3. The molecule has 1 aromatic carbocycles. The number of piperidine rings is 1. The van der Waals surface area contributed by atoms with Gasteiger partial charge in [0.05, 0.1) is 11.1 Å². The fourth-order valence-corrected chi connectivity index (χ4v) is 5.36. The molecule has 2 aromatic heterocycles. The van der Waals surface area contributed by atoms with Gasteiger partial charge in [-0.3, -0.25) is 14.8 Å². The lowest BCUT2D eigenvalue weighted by Crippen LogP contribution is -2.47. The normalized spacial score (nSPS) is 16.5. The predicted octanol–water partition coefficient (Wildman–Crippen LogP) is 3.88. The number of carbonyl (C=O) groups is 1. The second-order valence-corrected chi connectivity index (χ2v) is 9.93. The molecule has 1 amide bonds. The third-order valence-corrected chi connectivity index (χ3v) is 7.34. The van der Waals surface area contributed by atoms with Crippen molar-refractivity contribution in [3.05, 3.63) is 93.3 Å². The molecule has 0 N–H and O–H groups in total. The summed E-state index contributed by atoms with van der Waals surface area (Å²) in [7, 11) is 0. The average molecular weight is 458 g/mol. The summed E-state index contributed by atoms with van der Waals surface area (Å²) in [6, 6.07) is 14.2. The van der Waals surface area contributed by atoms with Crippen LogP contribution in [-0.4, -0.2) is 33.9 Å². The van der Waals surface area contributed by atoms with E-state index in [1.807, 2.05) is 49.2 Å².